The second-order valence-corrected chi connectivity index (χ2v) is 5.27. The summed E-state index contributed by atoms with van der Waals surface area (Å²) in [5.74, 6) is 0. The molecule has 15 heavy (non-hydrogen) atoms. The van der Waals surface area contributed by atoms with Gasteiger partial charge in [0.25, 0.3) is 0 Å². The van der Waals surface area contributed by atoms with Gasteiger partial charge in [-0.1, -0.05) is 50.9 Å². The third kappa shape index (κ3) is 3.44. The Bertz CT molecular complexity index is 361. The SMILES string of the molecule is C=C(C)C(NCC)c1cc(Br)ccc1Br. The largest absolute Gasteiger partial charge is 0.307 e. The Morgan fingerprint density at radius 2 is 2.13 bits per heavy atom. The van der Waals surface area contributed by atoms with E-state index in [1.807, 2.05) is 19.1 Å². The van der Waals surface area contributed by atoms with Gasteiger partial charge in [-0.25, -0.2) is 0 Å². The molecule has 0 bridgehead atoms. The van der Waals surface area contributed by atoms with E-state index in [-0.39, 0.29) is 6.04 Å². The number of likely N-dealkylation sites (N-methyl/N-ethyl adjacent to an activating group) is 1. The average molecular weight is 333 g/mol. The molecule has 1 aromatic carbocycles. The average Bonchev–Trinajstić information content (AvgIpc) is 2.18. The number of rotatable bonds is 4. The van der Waals surface area contributed by atoms with Crippen LogP contribution in [0.15, 0.2) is 39.3 Å². The molecule has 0 radical (unpaired) electrons. The van der Waals surface area contributed by atoms with E-state index < -0.39 is 0 Å². The van der Waals surface area contributed by atoms with Gasteiger partial charge >= 0.3 is 0 Å². The van der Waals surface area contributed by atoms with Crippen molar-refractivity contribution >= 4 is 31.9 Å². The fraction of sp³-hybridized carbons (Fsp3) is 0.333. The zero-order valence-corrected chi connectivity index (χ0v) is 12.2. The van der Waals surface area contributed by atoms with E-state index in [0.29, 0.717) is 0 Å². The van der Waals surface area contributed by atoms with E-state index in [0.717, 1.165) is 21.1 Å². The lowest BCUT2D eigenvalue weighted by Crippen LogP contribution is -2.21. The standard InChI is InChI=1S/C12H15Br2N/c1-4-15-12(8(2)3)10-7-9(13)5-6-11(10)14/h5-7,12,15H,2,4H2,1,3H3. The molecule has 0 saturated heterocycles. The van der Waals surface area contributed by atoms with E-state index in [2.05, 4.69) is 56.7 Å². The van der Waals surface area contributed by atoms with E-state index in [1.54, 1.807) is 0 Å². The number of hydrogen-bond acceptors (Lipinski definition) is 1. The van der Waals surface area contributed by atoms with Crippen LogP contribution in [0.2, 0.25) is 0 Å². The predicted molar refractivity (Wildman–Crippen MR) is 73.1 cm³/mol. The minimum Gasteiger partial charge on any atom is -0.307 e. The molecule has 1 N–H and O–H groups in total. The molecule has 0 fully saturated rings. The van der Waals surface area contributed by atoms with Crippen LogP contribution in [-0.4, -0.2) is 6.54 Å². The van der Waals surface area contributed by atoms with Gasteiger partial charge in [0.15, 0.2) is 0 Å². The second kappa shape index (κ2) is 5.83. The normalized spacial score (nSPS) is 12.5. The maximum Gasteiger partial charge on any atom is 0.0542 e. The van der Waals surface area contributed by atoms with Crippen LogP contribution in [0.4, 0.5) is 0 Å². The highest BCUT2D eigenvalue weighted by molar-refractivity contribution is 9.11. The first-order valence-electron chi connectivity index (χ1n) is 4.90. The summed E-state index contributed by atoms with van der Waals surface area (Å²) >= 11 is 7.05. The first-order valence-corrected chi connectivity index (χ1v) is 6.48. The highest BCUT2D eigenvalue weighted by Crippen LogP contribution is 2.30. The van der Waals surface area contributed by atoms with Crippen molar-refractivity contribution in [3.05, 3.63) is 44.9 Å². The summed E-state index contributed by atoms with van der Waals surface area (Å²) in [4.78, 5) is 0. The van der Waals surface area contributed by atoms with Crippen LogP contribution in [0.25, 0.3) is 0 Å². The Morgan fingerprint density at radius 3 is 2.67 bits per heavy atom. The van der Waals surface area contributed by atoms with Crippen LogP contribution in [0.1, 0.15) is 25.5 Å². The molecule has 0 aromatic heterocycles. The summed E-state index contributed by atoms with van der Waals surface area (Å²) in [5, 5.41) is 3.42. The number of nitrogens with one attached hydrogen (secondary N) is 1. The molecule has 1 unspecified atom stereocenters. The van der Waals surface area contributed by atoms with Crippen LogP contribution in [-0.2, 0) is 0 Å². The first kappa shape index (κ1) is 12.9. The summed E-state index contributed by atoms with van der Waals surface area (Å²) in [5.41, 5.74) is 2.34. The minimum absolute atomic E-state index is 0.210. The molecule has 1 rings (SSSR count). The highest BCUT2D eigenvalue weighted by atomic mass is 79.9. The lowest BCUT2D eigenvalue weighted by molar-refractivity contribution is 0.619. The van der Waals surface area contributed by atoms with Crippen molar-refractivity contribution in [2.24, 2.45) is 0 Å². The zero-order valence-electron chi connectivity index (χ0n) is 8.98. The van der Waals surface area contributed by atoms with E-state index in [9.17, 15) is 0 Å². The molecular formula is C12H15Br2N. The first-order chi connectivity index (χ1) is 7.06. The smallest absolute Gasteiger partial charge is 0.0542 e. The van der Waals surface area contributed by atoms with Gasteiger partial charge in [0.2, 0.25) is 0 Å². The molecule has 0 aliphatic rings. The van der Waals surface area contributed by atoms with Crippen molar-refractivity contribution in [1.82, 2.24) is 5.32 Å². The highest BCUT2D eigenvalue weighted by Gasteiger charge is 2.14. The van der Waals surface area contributed by atoms with Gasteiger partial charge in [-0.2, -0.15) is 0 Å². The van der Waals surface area contributed by atoms with Gasteiger partial charge in [-0.05, 0) is 37.2 Å². The fourth-order valence-electron chi connectivity index (χ4n) is 1.49. The minimum atomic E-state index is 0.210. The Balaban J connectivity index is 3.09. The van der Waals surface area contributed by atoms with E-state index >= 15 is 0 Å². The zero-order chi connectivity index (χ0) is 11.4. The molecule has 0 aliphatic carbocycles. The summed E-state index contributed by atoms with van der Waals surface area (Å²) in [6, 6.07) is 6.40. The van der Waals surface area contributed by atoms with Gasteiger partial charge in [0, 0.05) is 8.95 Å². The summed E-state index contributed by atoms with van der Waals surface area (Å²) in [7, 11) is 0. The van der Waals surface area contributed by atoms with Crippen molar-refractivity contribution < 1.29 is 0 Å². The van der Waals surface area contributed by atoms with Crippen LogP contribution >= 0.6 is 31.9 Å². The lowest BCUT2D eigenvalue weighted by atomic mass is 10.0. The van der Waals surface area contributed by atoms with E-state index in [1.165, 1.54) is 5.56 Å². The van der Waals surface area contributed by atoms with Crippen molar-refractivity contribution in [2.75, 3.05) is 6.54 Å². The number of hydrogen-bond donors (Lipinski definition) is 1. The molecular weight excluding hydrogens is 318 g/mol. The molecule has 82 valence electrons. The topological polar surface area (TPSA) is 12.0 Å². The quantitative estimate of drug-likeness (QED) is 0.804. The summed E-state index contributed by atoms with van der Waals surface area (Å²) in [6.07, 6.45) is 0. The lowest BCUT2D eigenvalue weighted by Gasteiger charge is -2.20. The third-order valence-electron chi connectivity index (χ3n) is 2.17. The molecule has 0 amide bonds. The van der Waals surface area contributed by atoms with Gasteiger partial charge in [-0.3, -0.25) is 0 Å². The molecule has 1 nitrogen and oxygen atoms in total. The Morgan fingerprint density at radius 1 is 1.47 bits per heavy atom. The molecule has 0 heterocycles. The monoisotopic (exact) mass is 331 g/mol. The van der Waals surface area contributed by atoms with Gasteiger partial charge in [-0.15, -0.1) is 0 Å². The van der Waals surface area contributed by atoms with Gasteiger partial charge < -0.3 is 5.32 Å². The van der Waals surface area contributed by atoms with Crippen molar-refractivity contribution in [3.8, 4) is 0 Å². The molecule has 3 heteroatoms. The van der Waals surface area contributed by atoms with Crippen molar-refractivity contribution in [1.29, 1.82) is 0 Å². The Hall–Kier alpha value is -0.120. The maximum atomic E-state index is 4.02. The predicted octanol–water partition coefficient (Wildman–Crippen LogP) is 4.44. The van der Waals surface area contributed by atoms with Crippen LogP contribution in [0, 0.1) is 0 Å². The molecule has 0 spiro atoms. The Labute approximate surface area is 108 Å². The van der Waals surface area contributed by atoms with Gasteiger partial charge in [0.05, 0.1) is 6.04 Å². The fourth-order valence-corrected chi connectivity index (χ4v) is 2.34. The van der Waals surface area contributed by atoms with Gasteiger partial charge in [0.1, 0.15) is 0 Å². The van der Waals surface area contributed by atoms with Crippen LogP contribution in [0.3, 0.4) is 0 Å². The maximum absolute atomic E-state index is 4.02. The molecule has 0 aliphatic heterocycles. The van der Waals surface area contributed by atoms with E-state index in [4.69, 9.17) is 0 Å². The van der Waals surface area contributed by atoms with Crippen LogP contribution in [0.5, 0.6) is 0 Å². The third-order valence-corrected chi connectivity index (χ3v) is 3.39. The molecule has 1 atom stereocenters. The summed E-state index contributed by atoms with van der Waals surface area (Å²) < 4.78 is 2.20. The van der Waals surface area contributed by atoms with Crippen molar-refractivity contribution in [2.45, 2.75) is 19.9 Å². The second-order valence-electron chi connectivity index (χ2n) is 3.50. The summed E-state index contributed by atoms with van der Waals surface area (Å²) in [6.45, 7) is 9.09. The number of benzene rings is 1. The molecule has 1 aromatic rings. The van der Waals surface area contributed by atoms with Crippen molar-refractivity contribution in [3.63, 3.8) is 0 Å². The molecule has 0 saturated carbocycles. The Kier molecular flexibility index (Phi) is 5.03. The number of halogens is 2. The van der Waals surface area contributed by atoms with Crippen LogP contribution < -0.4 is 5.32 Å².